The highest BCUT2D eigenvalue weighted by atomic mass is 16.3. The minimum atomic E-state index is -0.296. The van der Waals surface area contributed by atoms with Crippen LogP contribution in [0.1, 0.15) is 31.9 Å². The Morgan fingerprint density at radius 2 is 1.69 bits per heavy atom. The molecular formula is C14H23NO. The van der Waals surface area contributed by atoms with Crippen molar-refractivity contribution in [2.45, 2.75) is 45.8 Å². The van der Waals surface area contributed by atoms with Gasteiger partial charge < -0.3 is 10.4 Å². The van der Waals surface area contributed by atoms with Crippen LogP contribution in [0.25, 0.3) is 0 Å². The molecule has 1 aromatic rings. The zero-order valence-electron chi connectivity index (χ0n) is 10.5. The number of aliphatic hydroxyl groups is 1. The maximum absolute atomic E-state index is 9.82. The molecule has 0 saturated heterocycles. The molecule has 1 rings (SSSR count). The summed E-state index contributed by atoms with van der Waals surface area (Å²) in [5, 5.41) is 13.1. The molecule has 2 nitrogen and oxygen atoms in total. The number of aryl methyl sites for hydroxylation is 1. The number of rotatable bonds is 6. The first-order chi connectivity index (χ1) is 7.61. The van der Waals surface area contributed by atoms with E-state index in [-0.39, 0.29) is 6.10 Å². The van der Waals surface area contributed by atoms with Crippen LogP contribution >= 0.6 is 0 Å². The Morgan fingerprint density at radius 3 is 2.19 bits per heavy atom. The van der Waals surface area contributed by atoms with E-state index in [1.54, 1.807) is 0 Å². The van der Waals surface area contributed by atoms with E-state index in [4.69, 9.17) is 0 Å². The minimum Gasteiger partial charge on any atom is -0.391 e. The molecule has 1 atom stereocenters. The highest BCUT2D eigenvalue weighted by Crippen LogP contribution is 2.07. The molecule has 0 aliphatic heterocycles. The van der Waals surface area contributed by atoms with Crippen molar-refractivity contribution in [2.24, 2.45) is 0 Å². The molecule has 2 heteroatoms. The van der Waals surface area contributed by atoms with Crippen LogP contribution in [0.4, 0.5) is 0 Å². The first kappa shape index (κ1) is 13.2. The van der Waals surface area contributed by atoms with E-state index in [1.807, 2.05) is 0 Å². The number of nitrogens with one attached hydrogen (secondary N) is 1. The van der Waals surface area contributed by atoms with Crippen molar-refractivity contribution in [3.63, 3.8) is 0 Å². The van der Waals surface area contributed by atoms with Gasteiger partial charge in [0.2, 0.25) is 0 Å². The molecular weight excluding hydrogens is 198 g/mol. The van der Waals surface area contributed by atoms with Gasteiger partial charge in [-0.2, -0.15) is 0 Å². The molecule has 0 heterocycles. The summed E-state index contributed by atoms with van der Waals surface area (Å²) >= 11 is 0. The monoisotopic (exact) mass is 221 g/mol. The largest absolute Gasteiger partial charge is 0.391 e. The molecule has 0 fully saturated rings. The van der Waals surface area contributed by atoms with E-state index < -0.39 is 0 Å². The summed E-state index contributed by atoms with van der Waals surface area (Å²) < 4.78 is 0. The van der Waals surface area contributed by atoms with E-state index in [2.05, 4.69) is 50.4 Å². The van der Waals surface area contributed by atoms with Crippen molar-refractivity contribution in [3.8, 4) is 0 Å². The maximum atomic E-state index is 9.82. The fourth-order valence-electron chi connectivity index (χ4n) is 1.63. The van der Waals surface area contributed by atoms with Crippen LogP contribution in [-0.4, -0.2) is 23.8 Å². The standard InChI is InChI=1S/C14H23NO/c1-4-12-5-7-13(8-6-12)9-14(16)10-15-11(2)3/h5-8,11,14-16H,4,9-10H2,1-3H3. The highest BCUT2D eigenvalue weighted by molar-refractivity contribution is 5.22. The molecule has 0 saturated carbocycles. The second-order valence-electron chi connectivity index (χ2n) is 4.59. The normalized spacial score (nSPS) is 13.1. The van der Waals surface area contributed by atoms with E-state index in [1.165, 1.54) is 11.1 Å². The lowest BCUT2D eigenvalue weighted by Crippen LogP contribution is -2.32. The fraction of sp³-hybridized carbons (Fsp3) is 0.571. The Hall–Kier alpha value is -0.860. The molecule has 0 bridgehead atoms. The van der Waals surface area contributed by atoms with Gasteiger partial charge in [-0.15, -0.1) is 0 Å². The summed E-state index contributed by atoms with van der Waals surface area (Å²) in [4.78, 5) is 0. The van der Waals surface area contributed by atoms with Crippen molar-refractivity contribution in [3.05, 3.63) is 35.4 Å². The fourth-order valence-corrected chi connectivity index (χ4v) is 1.63. The minimum absolute atomic E-state index is 0.296. The third-order valence-corrected chi connectivity index (χ3v) is 2.66. The lowest BCUT2D eigenvalue weighted by molar-refractivity contribution is 0.169. The second-order valence-corrected chi connectivity index (χ2v) is 4.59. The van der Waals surface area contributed by atoms with Gasteiger partial charge in [0.25, 0.3) is 0 Å². The summed E-state index contributed by atoms with van der Waals surface area (Å²) in [6.45, 7) is 6.98. The first-order valence-corrected chi connectivity index (χ1v) is 6.11. The van der Waals surface area contributed by atoms with Crippen LogP contribution in [0.15, 0.2) is 24.3 Å². The van der Waals surface area contributed by atoms with Crippen LogP contribution in [-0.2, 0) is 12.8 Å². The van der Waals surface area contributed by atoms with Crippen molar-refractivity contribution in [1.82, 2.24) is 5.32 Å². The molecule has 90 valence electrons. The van der Waals surface area contributed by atoms with Crippen LogP contribution in [0.5, 0.6) is 0 Å². The lowest BCUT2D eigenvalue weighted by atomic mass is 10.0. The summed E-state index contributed by atoms with van der Waals surface area (Å²) in [5.41, 5.74) is 2.55. The van der Waals surface area contributed by atoms with Crippen LogP contribution in [0, 0.1) is 0 Å². The molecule has 0 aromatic heterocycles. The first-order valence-electron chi connectivity index (χ1n) is 6.11. The number of hydrogen-bond donors (Lipinski definition) is 2. The number of benzene rings is 1. The summed E-state index contributed by atoms with van der Waals surface area (Å²) in [6.07, 6.45) is 1.50. The molecule has 0 amide bonds. The topological polar surface area (TPSA) is 32.3 Å². The number of hydrogen-bond acceptors (Lipinski definition) is 2. The van der Waals surface area contributed by atoms with Gasteiger partial charge in [0.15, 0.2) is 0 Å². The Labute approximate surface area is 98.7 Å². The van der Waals surface area contributed by atoms with E-state index in [0.717, 1.165) is 12.8 Å². The zero-order chi connectivity index (χ0) is 12.0. The Morgan fingerprint density at radius 1 is 1.12 bits per heavy atom. The summed E-state index contributed by atoms with van der Waals surface area (Å²) in [6, 6.07) is 8.92. The molecule has 1 aromatic carbocycles. The zero-order valence-corrected chi connectivity index (χ0v) is 10.5. The predicted octanol–water partition coefficient (Wildman–Crippen LogP) is 2.15. The third-order valence-electron chi connectivity index (χ3n) is 2.66. The summed E-state index contributed by atoms with van der Waals surface area (Å²) in [7, 11) is 0. The van der Waals surface area contributed by atoms with Gasteiger partial charge >= 0.3 is 0 Å². The molecule has 0 aliphatic rings. The highest BCUT2D eigenvalue weighted by Gasteiger charge is 2.05. The second kappa shape index (κ2) is 6.66. The molecule has 1 unspecified atom stereocenters. The molecule has 0 aliphatic carbocycles. The SMILES string of the molecule is CCc1ccc(CC(O)CNC(C)C)cc1. The van der Waals surface area contributed by atoms with Gasteiger partial charge in [-0.3, -0.25) is 0 Å². The van der Waals surface area contributed by atoms with Gasteiger partial charge in [0, 0.05) is 12.6 Å². The number of aliphatic hydroxyl groups excluding tert-OH is 1. The quantitative estimate of drug-likeness (QED) is 0.771. The van der Waals surface area contributed by atoms with Crippen molar-refractivity contribution < 1.29 is 5.11 Å². The lowest BCUT2D eigenvalue weighted by Gasteiger charge is -2.14. The van der Waals surface area contributed by atoms with Gasteiger partial charge in [0.1, 0.15) is 0 Å². The maximum Gasteiger partial charge on any atom is 0.0704 e. The van der Waals surface area contributed by atoms with Gasteiger partial charge in [-0.1, -0.05) is 45.0 Å². The van der Waals surface area contributed by atoms with E-state index in [9.17, 15) is 5.11 Å². The molecule has 16 heavy (non-hydrogen) atoms. The smallest absolute Gasteiger partial charge is 0.0704 e. The van der Waals surface area contributed by atoms with Gasteiger partial charge in [-0.05, 0) is 24.0 Å². The van der Waals surface area contributed by atoms with E-state index in [0.29, 0.717) is 12.6 Å². The molecule has 0 spiro atoms. The van der Waals surface area contributed by atoms with E-state index >= 15 is 0 Å². The van der Waals surface area contributed by atoms with Gasteiger partial charge in [0.05, 0.1) is 6.10 Å². The van der Waals surface area contributed by atoms with Crippen molar-refractivity contribution in [1.29, 1.82) is 0 Å². The Balaban J connectivity index is 2.40. The van der Waals surface area contributed by atoms with Crippen LogP contribution < -0.4 is 5.32 Å². The molecule has 0 radical (unpaired) electrons. The van der Waals surface area contributed by atoms with Crippen LogP contribution in [0.3, 0.4) is 0 Å². The van der Waals surface area contributed by atoms with Crippen molar-refractivity contribution >= 4 is 0 Å². The average molecular weight is 221 g/mol. The Bertz CT molecular complexity index is 292. The predicted molar refractivity (Wildman–Crippen MR) is 68.7 cm³/mol. The third kappa shape index (κ3) is 4.77. The van der Waals surface area contributed by atoms with Crippen molar-refractivity contribution in [2.75, 3.05) is 6.54 Å². The average Bonchev–Trinajstić information content (AvgIpc) is 2.27. The Kier molecular flexibility index (Phi) is 5.50. The van der Waals surface area contributed by atoms with Gasteiger partial charge in [-0.25, -0.2) is 0 Å². The van der Waals surface area contributed by atoms with Crippen LogP contribution in [0.2, 0.25) is 0 Å². The molecule has 2 N–H and O–H groups in total. The summed E-state index contributed by atoms with van der Waals surface area (Å²) in [5.74, 6) is 0.